The molecular weight excluding hydrogens is 723 g/mol. The van der Waals surface area contributed by atoms with Crippen LogP contribution in [-0.4, -0.2) is 34.9 Å². The Balaban J connectivity index is 3.50. The summed E-state index contributed by atoms with van der Waals surface area (Å²) >= 11 is 0. The van der Waals surface area contributed by atoms with Gasteiger partial charge in [-0.15, -0.1) is 0 Å². The summed E-state index contributed by atoms with van der Waals surface area (Å²) in [6, 6.07) is -0.646. The molecule has 0 heterocycles. The zero-order valence-electron chi connectivity index (χ0n) is 39.3. The van der Waals surface area contributed by atoms with Crippen LogP contribution in [0.15, 0.2) is 72.9 Å². The highest BCUT2D eigenvalue weighted by atomic mass is 16.3. The van der Waals surface area contributed by atoms with Crippen molar-refractivity contribution < 1.29 is 15.0 Å². The molecule has 0 bridgehead atoms. The van der Waals surface area contributed by atoms with Gasteiger partial charge in [-0.2, -0.15) is 0 Å². The molecule has 0 fully saturated rings. The van der Waals surface area contributed by atoms with Gasteiger partial charge in [0, 0.05) is 6.42 Å². The first kappa shape index (κ1) is 56.8. The first-order valence-corrected chi connectivity index (χ1v) is 25.7. The molecule has 2 unspecified atom stereocenters. The second kappa shape index (κ2) is 50.2. The second-order valence-corrected chi connectivity index (χ2v) is 17.2. The molecule has 0 aliphatic carbocycles. The Morgan fingerprint density at radius 1 is 0.407 bits per heavy atom. The summed E-state index contributed by atoms with van der Waals surface area (Å²) in [7, 11) is 0. The van der Waals surface area contributed by atoms with Crippen molar-refractivity contribution in [3.63, 3.8) is 0 Å². The lowest BCUT2D eigenvalue weighted by atomic mass is 10.0. The Bertz CT molecular complexity index is 1020. The lowest BCUT2D eigenvalue weighted by Crippen LogP contribution is -2.45. The maximum atomic E-state index is 12.4. The van der Waals surface area contributed by atoms with E-state index in [9.17, 15) is 15.0 Å². The zero-order valence-corrected chi connectivity index (χ0v) is 39.3. The predicted molar refractivity (Wildman–Crippen MR) is 262 cm³/mol. The maximum absolute atomic E-state index is 12.4. The summed E-state index contributed by atoms with van der Waals surface area (Å²) in [5.41, 5.74) is 0. The van der Waals surface area contributed by atoms with Gasteiger partial charge in [0.1, 0.15) is 0 Å². The molecular formula is C55H99NO3. The van der Waals surface area contributed by atoms with Crippen LogP contribution in [0.3, 0.4) is 0 Å². The molecule has 59 heavy (non-hydrogen) atoms. The predicted octanol–water partition coefficient (Wildman–Crippen LogP) is 16.6. The molecule has 0 saturated heterocycles. The Morgan fingerprint density at radius 2 is 0.712 bits per heavy atom. The van der Waals surface area contributed by atoms with Gasteiger partial charge in [-0.25, -0.2) is 0 Å². The smallest absolute Gasteiger partial charge is 0.220 e. The molecule has 0 saturated carbocycles. The van der Waals surface area contributed by atoms with Crippen molar-refractivity contribution in [3.05, 3.63) is 72.9 Å². The molecule has 2 atom stereocenters. The SMILES string of the molecule is CCCCCC/C=C/CC/C=C/CC/C=C/C(O)C(CO)NC(=O)CCCCCCCCCCCCCCCCCCCC/C=C\C/C=C\C/C=C\CCCCCCC. The zero-order chi connectivity index (χ0) is 42.8. The monoisotopic (exact) mass is 822 g/mol. The van der Waals surface area contributed by atoms with E-state index >= 15 is 0 Å². The molecule has 0 aromatic carbocycles. The van der Waals surface area contributed by atoms with Crippen LogP contribution >= 0.6 is 0 Å². The minimum atomic E-state index is -0.871. The summed E-state index contributed by atoms with van der Waals surface area (Å²) < 4.78 is 0. The van der Waals surface area contributed by atoms with Crippen molar-refractivity contribution in [2.24, 2.45) is 0 Å². The van der Waals surface area contributed by atoms with Crippen molar-refractivity contribution in [2.45, 2.75) is 264 Å². The Morgan fingerprint density at radius 3 is 1.12 bits per heavy atom. The van der Waals surface area contributed by atoms with Crippen LogP contribution in [0.5, 0.6) is 0 Å². The first-order valence-electron chi connectivity index (χ1n) is 25.7. The van der Waals surface area contributed by atoms with E-state index in [0.717, 1.165) is 51.4 Å². The standard InChI is InChI=1S/C55H99NO3/c1-3-5-7-9-11-13-15-17-19-20-21-22-23-24-25-26-27-28-29-30-31-32-33-34-35-36-37-39-41-43-45-47-49-51-55(59)56-53(52-57)54(58)50-48-46-44-42-40-38-18-16-14-12-10-8-6-4-2/h14-17,20-21,23-24,40,42,48,50,53-54,57-58H,3-13,18-19,22,25-39,41,43-47,49,51-52H2,1-2H3,(H,56,59)/b16-14+,17-15-,21-20-,24-23-,42-40+,50-48+. The Hall–Kier alpha value is -2.17. The van der Waals surface area contributed by atoms with Gasteiger partial charge in [0.25, 0.3) is 0 Å². The number of aliphatic hydroxyl groups excluding tert-OH is 2. The number of unbranched alkanes of at least 4 members (excludes halogenated alkanes) is 29. The van der Waals surface area contributed by atoms with Crippen molar-refractivity contribution in [2.75, 3.05) is 6.61 Å². The highest BCUT2D eigenvalue weighted by molar-refractivity contribution is 5.76. The van der Waals surface area contributed by atoms with Gasteiger partial charge < -0.3 is 15.5 Å². The molecule has 0 aliphatic rings. The topological polar surface area (TPSA) is 69.6 Å². The molecule has 0 aliphatic heterocycles. The van der Waals surface area contributed by atoms with Crippen LogP contribution in [-0.2, 0) is 4.79 Å². The number of nitrogens with one attached hydrogen (secondary N) is 1. The van der Waals surface area contributed by atoms with Gasteiger partial charge in [0.15, 0.2) is 0 Å². The number of hydrogen-bond acceptors (Lipinski definition) is 3. The third-order valence-electron chi connectivity index (χ3n) is 11.4. The molecule has 4 nitrogen and oxygen atoms in total. The number of amides is 1. The normalized spacial score (nSPS) is 13.5. The van der Waals surface area contributed by atoms with Crippen LogP contribution in [0.1, 0.15) is 251 Å². The van der Waals surface area contributed by atoms with E-state index in [-0.39, 0.29) is 12.5 Å². The van der Waals surface area contributed by atoms with Gasteiger partial charge in [-0.1, -0.05) is 234 Å². The Kier molecular flexibility index (Phi) is 48.3. The van der Waals surface area contributed by atoms with E-state index < -0.39 is 12.1 Å². The fourth-order valence-corrected chi connectivity index (χ4v) is 7.45. The van der Waals surface area contributed by atoms with E-state index in [4.69, 9.17) is 0 Å². The second-order valence-electron chi connectivity index (χ2n) is 17.2. The van der Waals surface area contributed by atoms with Crippen molar-refractivity contribution >= 4 is 5.91 Å². The molecule has 0 aromatic rings. The van der Waals surface area contributed by atoms with Crippen LogP contribution in [0, 0.1) is 0 Å². The van der Waals surface area contributed by atoms with Crippen molar-refractivity contribution in [3.8, 4) is 0 Å². The van der Waals surface area contributed by atoms with E-state index in [2.05, 4.69) is 79.9 Å². The molecule has 0 spiro atoms. The molecule has 3 N–H and O–H groups in total. The van der Waals surface area contributed by atoms with Gasteiger partial charge in [0.05, 0.1) is 18.8 Å². The van der Waals surface area contributed by atoms with Crippen molar-refractivity contribution in [1.29, 1.82) is 0 Å². The minimum Gasteiger partial charge on any atom is -0.394 e. The number of allylic oxidation sites excluding steroid dienone is 11. The lowest BCUT2D eigenvalue weighted by Gasteiger charge is -2.19. The van der Waals surface area contributed by atoms with Crippen molar-refractivity contribution in [1.82, 2.24) is 5.32 Å². The molecule has 0 rings (SSSR count). The number of rotatable bonds is 46. The van der Waals surface area contributed by atoms with Crippen LogP contribution in [0.2, 0.25) is 0 Å². The maximum Gasteiger partial charge on any atom is 0.220 e. The van der Waals surface area contributed by atoms with Gasteiger partial charge in [-0.05, 0) is 83.5 Å². The summed E-state index contributed by atoms with van der Waals surface area (Å²) in [5, 5.41) is 23.0. The van der Waals surface area contributed by atoms with Gasteiger partial charge >= 0.3 is 0 Å². The van der Waals surface area contributed by atoms with E-state index in [1.54, 1.807) is 6.08 Å². The fraction of sp³-hybridized carbons (Fsp3) is 0.764. The number of carbonyl (C=O) groups excluding carboxylic acids is 1. The van der Waals surface area contributed by atoms with Gasteiger partial charge in [0.2, 0.25) is 5.91 Å². The van der Waals surface area contributed by atoms with E-state index in [1.165, 1.54) is 180 Å². The molecule has 342 valence electrons. The number of carbonyl (C=O) groups is 1. The van der Waals surface area contributed by atoms with E-state index in [1.807, 2.05) is 6.08 Å². The quantitative estimate of drug-likeness (QED) is 0.0423. The third kappa shape index (κ3) is 46.7. The van der Waals surface area contributed by atoms with E-state index in [0.29, 0.717) is 6.42 Å². The van der Waals surface area contributed by atoms with Crippen LogP contribution in [0.4, 0.5) is 0 Å². The van der Waals surface area contributed by atoms with Crippen LogP contribution < -0.4 is 5.32 Å². The lowest BCUT2D eigenvalue weighted by molar-refractivity contribution is -0.123. The van der Waals surface area contributed by atoms with Crippen LogP contribution in [0.25, 0.3) is 0 Å². The van der Waals surface area contributed by atoms with Gasteiger partial charge in [-0.3, -0.25) is 4.79 Å². The average molecular weight is 822 g/mol. The highest BCUT2D eigenvalue weighted by Crippen LogP contribution is 2.15. The molecule has 1 amide bonds. The average Bonchev–Trinajstić information content (AvgIpc) is 3.24. The molecule has 0 radical (unpaired) electrons. The first-order chi connectivity index (χ1) is 29.2. The number of hydrogen-bond donors (Lipinski definition) is 3. The largest absolute Gasteiger partial charge is 0.394 e. The fourth-order valence-electron chi connectivity index (χ4n) is 7.45. The highest BCUT2D eigenvalue weighted by Gasteiger charge is 2.17. The summed E-state index contributed by atoms with van der Waals surface area (Å²) in [6.07, 6.45) is 71.9. The summed E-state index contributed by atoms with van der Waals surface area (Å²) in [6.45, 7) is 4.26. The minimum absolute atomic E-state index is 0.0787. The summed E-state index contributed by atoms with van der Waals surface area (Å²) in [5.74, 6) is -0.0787. The molecule has 4 heteroatoms. The Labute approximate surface area is 368 Å². The molecule has 0 aromatic heterocycles. The summed E-state index contributed by atoms with van der Waals surface area (Å²) in [4.78, 5) is 12.4. The number of aliphatic hydroxyl groups is 2. The third-order valence-corrected chi connectivity index (χ3v) is 11.4.